The number of hydrogen-bond donors (Lipinski definition) is 1. The van der Waals surface area contributed by atoms with Crippen LogP contribution in [0.5, 0.6) is 0 Å². The van der Waals surface area contributed by atoms with Crippen LogP contribution in [0.1, 0.15) is 12.5 Å². The molecule has 1 heterocycles. The Balaban J connectivity index is 2.40. The maximum atomic E-state index is 6.03. The van der Waals surface area contributed by atoms with E-state index >= 15 is 0 Å². The van der Waals surface area contributed by atoms with Crippen LogP contribution >= 0.6 is 11.3 Å². The fourth-order valence-corrected chi connectivity index (χ4v) is 3.31. The molecule has 94 valence electrons. The highest BCUT2D eigenvalue weighted by Gasteiger charge is 2.01. The minimum Gasteiger partial charge on any atom is -0.398 e. The van der Waals surface area contributed by atoms with E-state index in [0.717, 1.165) is 11.3 Å². The summed E-state index contributed by atoms with van der Waals surface area (Å²) in [5.41, 5.74) is 7.93. The van der Waals surface area contributed by atoms with Gasteiger partial charge in [0.15, 0.2) is 0 Å². The smallest absolute Gasteiger partial charge is 0.0387 e. The van der Waals surface area contributed by atoms with Crippen LogP contribution in [0.2, 0.25) is 0 Å². The molecule has 0 aliphatic rings. The van der Waals surface area contributed by atoms with Crippen molar-refractivity contribution in [3.63, 3.8) is 0 Å². The molecule has 0 saturated carbocycles. The van der Waals surface area contributed by atoms with Crippen molar-refractivity contribution in [1.29, 1.82) is 0 Å². The first-order valence-electron chi connectivity index (χ1n) is 6.29. The number of para-hydroxylation sites is 1. The van der Waals surface area contributed by atoms with Crippen LogP contribution in [-0.4, -0.2) is 0 Å². The van der Waals surface area contributed by atoms with Gasteiger partial charge in [-0.1, -0.05) is 42.5 Å². The molecule has 3 aromatic rings. The summed E-state index contributed by atoms with van der Waals surface area (Å²) in [6, 6.07) is 16.5. The quantitative estimate of drug-likeness (QED) is 0.672. The van der Waals surface area contributed by atoms with E-state index in [1.54, 1.807) is 0 Å². The van der Waals surface area contributed by atoms with Crippen LogP contribution in [0.3, 0.4) is 0 Å². The van der Waals surface area contributed by atoms with Crippen molar-refractivity contribution < 1.29 is 0 Å². The first-order chi connectivity index (χ1) is 9.29. The molecule has 1 nitrogen and oxygen atoms in total. The molecule has 0 bridgehead atoms. The Hall–Kier alpha value is -2.06. The van der Waals surface area contributed by atoms with Crippen molar-refractivity contribution in [2.75, 3.05) is 5.73 Å². The number of benzene rings is 2. The van der Waals surface area contributed by atoms with Gasteiger partial charge in [-0.05, 0) is 30.7 Å². The van der Waals surface area contributed by atoms with Gasteiger partial charge in [0.1, 0.15) is 0 Å². The van der Waals surface area contributed by atoms with Crippen LogP contribution in [-0.2, 0) is 0 Å². The monoisotopic (exact) mass is 265 g/mol. The van der Waals surface area contributed by atoms with E-state index in [1.165, 1.54) is 19.8 Å². The maximum absolute atomic E-state index is 6.03. The molecular formula is C17H15NS. The topological polar surface area (TPSA) is 26.0 Å². The maximum Gasteiger partial charge on any atom is 0.0387 e. The van der Waals surface area contributed by atoms with Gasteiger partial charge in [0.2, 0.25) is 0 Å². The molecule has 0 aliphatic heterocycles. The molecule has 2 aromatic carbocycles. The minimum absolute atomic E-state index is 0.819. The van der Waals surface area contributed by atoms with E-state index in [2.05, 4.69) is 49.4 Å². The van der Waals surface area contributed by atoms with Crippen molar-refractivity contribution in [1.82, 2.24) is 0 Å². The van der Waals surface area contributed by atoms with E-state index in [9.17, 15) is 0 Å². The van der Waals surface area contributed by atoms with Gasteiger partial charge in [0, 0.05) is 25.5 Å². The molecule has 0 saturated heterocycles. The van der Waals surface area contributed by atoms with Crippen LogP contribution < -0.4 is 15.5 Å². The second kappa shape index (κ2) is 4.90. The number of rotatable bonds is 1. The van der Waals surface area contributed by atoms with Crippen molar-refractivity contribution in [2.45, 2.75) is 6.92 Å². The average Bonchev–Trinajstić information content (AvgIpc) is 2.79. The lowest BCUT2D eigenvalue weighted by molar-refractivity contribution is 1.61. The Bertz CT molecular complexity index is 843. The number of hydrogen-bond acceptors (Lipinski definition) is 2. The number of anilines is 1. The van der Waals surface area contributed by atoms with Gasteiger partial charge in [-0.2, -0.15) is 0 Å². The fraction of sp³-hybridized carbons (Fsp3) is 0.0588. The normalized spacial score (nSPS) is 13.3. The van der Waals surface area contributed by atoms with Gasteiger partial charge < -0.3 is 5.73 Å². The first kappa shape index (κ1) is 12.0. The second-order valence-corrected chi connectivity index (χ2v) is 5.52. The summed E-state index contributed by atoms with van der Waals surface area (Å²) in [7, 11) is 0. The highest BCUT2D eigenvalue weighted by Crippen LogP contribution is 2.15. The van der Waals surface area contributed by atoms with Gasteiger partial charge >= 0.3 is 0 Å². The van der Waals surface area contributed by atoms with Crippen molar-refractivity contribution in [3.05, 3.63) is 63.8 Å². The lowest BCUT2D eigenvalue weighted by Crippen LogP contribution is -2.18. The van der Waals surface area contributed by atoms with E-state index in [4.69, 9.17) is 5.73 Å². The van der Waals surface area contributed by atoms with E-state index in [-0.39, 0.29) is 0 Å². The van der Waals surface area contributed by atoms with Gasteiger partial charge in [0.25, 0.3) is 0 Å². The highest BCUT2D eigenvalue weighted by atomic mass is 32.1. The molecule has 2 heteroatoms. The first-order valence-corrected chi connectivity index (χ1v) is 7.11. The van der Waals surface area contributed by atoms with Crippen molar-refractivity contribution >= 4 is 39.3 Å². The average molecular weight is 265 g/mol. The van der Waals surface area contributed by atoms with E-state index in [1.807, 2.05) is 29.5 Å². The van der Waals surface area contributed by atoms with Crippen LogP contribution in [0.15, 0.2) is 48.5 Å². The lowest BCUT2D eigenvalue weighted by Gasteiger charge is -1.98. The Morgan fingerprint density at radius 2 is 1.74 bits per heavy atom. The minimum atomic E-state index is 0.819. The van der Waals surface area contributed by atoms with Crippen molar-refractivity contribution in [2.24, 2.45) is 0 Å². The summed E-state index contributed by atoms with van der Waals surface area (Å²) in [4.78, 5) is 0. The zero-order valence-electron chi connectivity index (χ0n) is 10.8. The molecule has 0 unspecified atom stereocenters. The lowest BCUT2D eigenvalue weighted by atomic mass is 10.1. The number of fused-ring (bicyclic) bond motifs is 1. The van der Waals surface area contributed by atoms with Gasteiger partial charge in [-0.15, -0.1) is 11.3 Å². The van der Waals surface area contributed by atoms with Gasteiger partial charge in [0.05, 0.1) is 0 Å². The van der Waals surface area contributed by atoms with Crippen LogP contribution in [0, 0.1) is 0 Å². The summed E-state index contributed by atoms with van der Waals surface area (Å²) in [6.45, 7) is 2.08. The Morgan fingerprint density at radius 1 is 1.00 bits per heavy atom. The summed E-state index contributed by atoms with van der Waals surface area (Å²) >= 11 is 1.82. The third-order valence-corrected chi connectivity index (χ3v) is 4.47. The van der Waals surface area contributed by atoms with Crippen LogP contribution in [0.4, 0.5) is 5.69 Å². The summed E-state index contributed by atoms with van der Waals surface area (Å²) in [5.74, 6) is 0. The standard InChI is InChI=1S/C17H15NS/c1-2-16-14(11-12-7-3-5-9-15(12)18)13-8-4-6-10-17(13)19-16/h2-11H,18H2,1H3/b14-11+,16-2+. The predicted octanol–water partition coefficient (Wildman–Crippen LogP) is 3.11. The summed E-state index contributed by atoms with van der Waals surface area (Å²) in [5, 5.41) is 2.56. The zero-order valence-corrected chi connectivity index (χ0v) is 11.6. The third-order valence-electron chi connectivity index (χ3n) is 3.22. The van der Waals surface area contributed by atoms with Crippen LogP contribution in [0.25, 0.3) is 22.2 Å². The zero-order chi connectivity index (χ0) is 13.2. The SMILES string of the molecule is C/C=c1/sc2ccccc2/c1=C\c1ccccc1N. The third kappa shape index (κ3) is 2.15. The molecule has 0 spiro atoms. The van der Waals surface area contributed by atoms with Gasteiger partial charge in [-0.3, -0.25) is 0 Å². The molecule has 1 aromatic heterocycles. The molecule has 0 amide bonds. The molecule has 0 fully saturated rings. The predicted molar refractivity (Wildman–Crippen MR) is 85.6 cm³/mol. The van der Waals surface area contributed by atoms with Gasteiger partial charge in [-0.25, -0.2) is 0 Å². The number of thiophene rings is 1. The fourth-order valence-electron chi connectivity index (χ4n) is 2.25. The largest absolute Gasteiger partial charge is 0.398 e. The molecule has 19 heavy (non-hydrogen) atoms. The molecule has 3 rings (SSSR count). The molecule has 0 aliphatic carbocycles. The summed E-state index contributed by atoms with van der Waals surface area (Å²) < 4.78 is 2.61. The second-order valence-electron chi connectivity index (χ2n) is 4.44. The Morgan fingerprint density at radius 3 is 2.53 bits per heavy atom. The Labute approximate surface area is 116 Å². The van der Waals surface area contributed by atoms with E-state index < -0.39 is 0 Å². The van der Waals surface area contributed by atoms with Crippen molar-refractivity contribution in [3.8, 4) is 0 Å². The summed E-state index contributed by atoms with van der Waals surface area (Å²) in [6.07, 6.45) is 4.35. The molecule has 0 radical (unpaired) electrons. The number of nitrogen functional groups attached to an aromatic ring is 1. The molecule has 0 atom stereocenters. The molecule has 2 N–H and O–H groups in total. The highest BCUT2D eigenvalue weighted by molar-refractivity contribution is 7.17. The molecular weight excluding hydrogens is 250 g/mol. The number of nitrogens with two attached hydrogens (primary N) is 1. The Kier molecular flexibility index (Phi) is 3.10. The van der Waals surface area contributed by atoms with E-state index in [0.29, 0.717) is 0 Å².